The number of hydrogen-bond acceptors (Lipinski definition) is 4. The molecule has 0 atom stereocenters. The molecule has 7 nitrogen and oxygen atoms in total. The second kappa shape index (κ2) is 6.43. The summed E-state index contributed by atoms with van der Waals surface area (Å²) in [6, 6.07) is 4.13. The van der Waals surface area contributed by atoms with E-state index in [4.69, 9.17) is 0 Å². The Morgan fingerprint density at radius 3 is 2.50 bits per heavy atom. The lowest BCUT2D eigenvalue weighted by atomic mass is 9.97. The Morgan fingerprint density at radius 1 is 1.36 bits per heavy atom. The highest BCUT2D eigenvalue weighted by molar-refractivity contribution is 9.10. The molecular weight excluding hydrogens is 356 g/mol. The summed E-state index contributed by atoms with van der Waals surface area (Å²) in [6.45, 7) is 0. The molecule has 0 bridgehead atoms. The Balaban J connectivity index is 2.09. The number of rotatable bonds is 5. The van der Waals surface area contributed by atoms with E-state index < -0.39 is 22.3 Å². The molecule has 2 N–H and O–H groups in total. The van der Waals surface area contributed by atoms with Gasteiger partial charge in [0.2, 0.25) is 5.91 Å². The van der Waals surface area contributed by atoms with Crippen molar-refractivity contribution in [3.63, 3.8) is 0 Å². The van der Waals surface area contributed by atoms with Crippen LogP contribution < -0.4 is 5.32 Å². The van der Waals surface area contributed by atoms with Gasteiger partial charge >= 0.3 is 5.97 Å². The minimum Gasteiger partial charge on any atom is -0.480 e. The van der Waals surface area contributed by atoms with E-state index in [9.17, 15) is 24.8 Å². The summed E-state index contributed by atoms with van der Waals surface area (Å²) in [5.41, 5.74) is -0.680. The molecule has 0 radical (unpaired) electrons. The molecule has 1 fully saturated rings. The van der Waals surface area contributed by atoms with Crippen LogP contribution in [0.15, 0.2) is 22.7 Å². The first-order valence-electron chi connectivity index (χ1n) is 6.81. The van der Waals surface area contributed by atoms with Crippen LogP contribution in [0, 0.1) is 10.1 Å². The van der Waals surface area contributed by atoms with Crippen molar-refractivity contribution in [2.24, 2.45) is 0 Å². The summed E-state index contributed by atoms with van der Waals surface area (Å²) < 4.78 is 0.452. The first-order valence-corrected chi connectivity index (χ1v) is 7.60. The van der Waals surface area contributed by atoms with Crippen molar-refractivity contribution in [1.82, 2.24) is 5.32 Å². The van der Waals surface area contributed by atoms with E-state index in [0.717, 1.165) is 12.8 Å². The Bertz CT molecular complexity index is 626. The van der Waals surface area contributed by atoms with Gasteiger partial charge in [0.1, 0.15) is 5.54 Å². The number of hydrogen-bond donors (Lipinski definition) is 2. The van der Waals surface area contributed by atoms with Gasteiger partial charge in [0.05, 0.1) is 11.3 Å². The van der Waals surface area contributed by atoms with E-state index in [0.29, 0.717) is 22.9 Å². The second-order valence-electron chi connectivity index (χ2n) is 5.35. The summed E-state index contributed by atoms with van der Waals surface area (Å²) in [4.78, 5) is 33.7. The van der Waals surface area contributed by atoms with E-state index >= 15 is 0 Å². The minimum atomic E-state index is -1.18. The SMILES string of the molecule is O=C(Cc1ccc([N+](=O)[O-])cc1Br)NC1(C(=O)O)CCCC1. The standard InChI is InChI=1S/C14H15BrN2O5/c15-11-8-10(17(21)22)4-3-9(11)7-12(18)16-14(13(19)20)5-1-2-6-14/h3-4,8H,1-2,5-7H2,(H,16,18)(H,19,20). The number of nitro groups is 1. The molecule has 0 heterocycles. The van der Waals surface area contributed by atoms with Crippen molar-refractivity contribution in [2.45, 2.75) is 37.6 Å². The van der Waals surface area contributed by atoms with E-state index in [1.807, 2.05) is 0 Å². The molecule has 8 heteroatoms. The second-order valence-corrected chi connectivity index (χ2v) is 6.21. The molecule has 1 aromatic rings. The van der Waals surface area contributed by atoms with Gasteiger partial charge in [0.25, 0.3) is 5.69 Å². The summed E-state index contributed by atoms with van der Waals surface area (Å²) in [5.74, 6) is -1.42. The number of halogens is 1. The highest BCUT2D eigenvalue weighted by Gasteiger charge is 2.42. The number of nitro benzene ring substituents is 1. The lowest BCUT2D eigenvalue weighted by Crippen LogP contribution is -2.52. The predicted molar refractivity (Wildman–Crippen MR) is 81.5 cm³/mol. The molecule has 2 rings (SSSR count). The van der Waals surface area contributed by atoms with Gasteiger partial charge in [0, 0.05) is 16.6 Å². The number of nitrogens with zero attached hydrogens (tertiary/aromatic N) is 1. The average molecular weight is 371 g/mol. The first kappa shape index (κ1) is 16.4. The molecule has 118 valence electrons. The van der Waals surface area contributed by atoms with Crippen molar-refractivity contribution in [2.75, 3.05) is 0 Å². The van der Waals surface area contributed by atoms with Crippen LogP contribution in [0.5, 0.6) is 0 Å². The van der Waals surface area contributed by atoms with Crippen molar-refractivity contribution < 1.29 is 19.6 Å². The Labute approximate surface area is 135 Å². The number of carboxylic acid groups (broad SMARTS) is 1. The number of nitrogens with one attached hydrogen (secondary N) is 1. The number of carbonyl (C=O) groups is 2. The smallest absolute Gasteiger partial charge is 0.329 e. The number of aliphatic carboxylic acids is 1. The number of carbonyl (C=O) groups excluding carboxylic acids is 1. The van der Waals surface area contributed by atoms with Gasteiger partial charge in [-0.1, -0.05) is 34.8 Å². The maximum Gasteiger partial charge on any atom is 0.329 e. The van der Waals surface area contributed by atoms with Crippen LogP contribution in [0.2, 0.25) is 0 Å². The summed E-state index contributed by atoms with van der Waals surface area (Å²) in [6.07, 6.45) is 2.36. The molecule has 1 aliphatic rings. The van der Waals surface area contributed by atoms with Crippen molar-refractivity contribution in [3.8, 4) is 0 Å². The first-order chi connectivity index (χ1) is 10.3. The predicted octanol–water partition coefficient (Wildman–Crippen LogP) is 2.41. The van der Waals surface area contributed by atoms with Gasteiger partial charge in [-0.05, 0) is 18.4 Å². The van der Waals surface area contributed by atoms with E-state index in [1.165, 1.54) is 18.2 Å². The van der Waals surface area contributed by atoms with Crippen LogP contribution in [0.3, 0.4) is 0 Å². The molecule has 1 aromatic carbocycles. The van der Waals surface area contributed by atoms with Crippen LogP contribution in [0.4, 0.5) is 5.69 Å². The van der Waals surface area contributed by atoms with Gasteiger partial charge < -0.3 is 10.4 Å². The fraction of sp³-hybridized carbons (Fsp3) is 0.429. The number of non-ortho nitro benzene ring substituents is 1. The average Bonchev–Trinajstić information content (AvgIpc) is 2.90. The Hall–Kier alpha value is -1.96. The van der Waals surface area contributed by atoms with Crippen molar-refractivity contribution >= 4 is 33.5 Å². The van der Waals surface area contributed by atoms with E-state index in [-0.39, 0.29) is 12.1 Å². The third kappa shape index (κ3) is 3.44. The fourth-order valence-corrected chi connectivity index (χ4v) is 3.15. The summed E-state index contributed by atoms with van der Waals surface area (Å²) >= 11 is 3.20. The Kier molecular flexibility index (Phi) is 4.80. The quantitative estimate of drug-likeness (QED) is 0.610. The lowest BCUT2D eigenvalue weighted by molar-refractivity contribution is -0.384. The van der Waals surface area contributed by atoms with Crippen LogP contribution in [0.1, 0.15) is 31.2 Å². The highest BCUT2D eigenvalue weighted by atomic mass is 79.9. The molecule has 1 amide bonds. The zero-order valence-corrected chi connectivity index (χ0v) is 13.3. The molecule has 1 saturated carbocycles. The Morgan fingerprint density at radius 2 is 2.00 bits per heavy atom. The zero-order valence-electron chi connectivity index (χ0n) is 11.7. The molecule has 0 unspecified atom stereocenters. The van der Waals surface area contributed by atoms with E-state index in [1.54, 1.807) is 0 Å². The number of benzene rings is 1. The maximum absolute atomic E-state index is 12.1. The molecule has 0 spiro atoms. The molecule has 22 heavy (non-hydrogen) atoms. The van der Waals surface area contributed by atoms with Gasteiger partial charge in [-0.15, -0.1) is 0 Å². The minimum absolute atomic E-state index is 0.0341. The van der Waals surface area contributed by atoms with Crippen molar-refractivity contribution in [1.29, 1.82) is 0 Å². The normalized spacial score (nSPS) is 16.2. The summed E-state index contributed by atoms with van der Waals surface area (Å²) in [5, 5.41) is 22.6. The largest absolute Gasteiger partial charge is 0.480 e. The maximum atomic E-state index is 12.1. The van der Waals surface area contributed by atoms with Gasteiger partial charge in [-0.25, -0.2) is 4.79 Å². The third-order valence-electron chi connectivity index (χ3n) is 3.84. The van der Waals surface area contributed by atoms with Gasteiger partial charge in [0.15, 0.2) is 0 Å². The lowest BCUT2D eigenvalue weighted by Gasteiger charge is -2.25. The van der Waals surface area contributed by atoms with Crippen LogP contribution >= 0.6 is 15.9 Å². The molecule has 0 aromatic heterocycles. The van der Waals surface area contributed by atoms with Crippen molar-refractivity contribution in [3.05, 3.63) is 38.3 Å². The zero-order chi connectivity index (χ0) is 16.3. The number of carboxylic acids is 1. The topological polar surface area (TPSA) is 110 Å². The molecule has 1 aliphatic carbocycles. The van der Waals surface area contributed by atoms with Crippen LogP contribution in [-0.2, 0) is 16.0 Å². The highest BCUT2D eigenvalue weighted by Crippen LogP contribution is 2.30. The number of amides is 1. The monoisotopic (exact) mass is 370 g/mol. The van der Waals surface area contributed by atoms with Crippen LogP contribution in [0.25, 0.3) is 0 Å². The molecular formula is C14H15BrN2O5. The van der Waals surface area contributed by atoms with Gasteiger partial charge in [-0.3, -0.25) is 14.9 Å². The summed E-state index contributed by atoms with van der Waals surface area (Å²) in [7, 11) is 0. The van der Waals surface area contributed by atoms with E-state index in [2.05, 4.69) is 21.2 Å². The molecule has 0 aliphatic heterocycles. The third-order valence-corrected chi connectivity index (χ3v) is 4.58. The van der Waals surface area contributed by atoms with Crippen LogP contribution in [-0.4, -0.2) is 27.4 Å². The molecule has 0 saturated heterocycles. The van der Waals surface area contributed by atoms with Gasteiger partial charge in [-0.2, -0.15) is 0 Å². The fourth-order valence-electron chi connectivity index (χ4n) is 2.65.